The lowest BCUT2D eigenvalue weighted by atomic mass is 9.78. The molecule has 0 saturated heterocycles. The molecule has 9 unspecified atom stereocenters. The highest BCUT2D eigenvalue weighted by molar-refractivity contribution is 5.33. The number of phenolic OH excluding ortho intramolecular Hbond substituents is 2. The summed E-state index contributed by atoms with van der Waals surface area (Å²) in [6.45, 7) is 14.5. The first-order valence-electron chi connectivity index (χ1n) is 19.9. The highest BCUT2D eigenvalue weighted by Gasteiger charge is 2.26. The summed E-state index contributed by atoms with van der Waals surface area (Å²) in [5.74, 6) is 0.793. The molecule has 2 N–H and O–H groups in total. The van der Waals surface area contributed by atoms with Gasteiger partial charge in [-0.3, -0.25) is 0 Å². The summed E-state index contributed by atoms with van der Waals surface area (Å²) in [4.78, 5) is 0. The van der Waals surface area contributed by atoms with Gasteiger partial charge in [-0.15, -0.1) is 0 Å². The normalized spacial score (nSPS) is 15.5. The van der Waals surface area contributed by atoms with E-state index in [0.717, 1.165) is 29.7 Å². The van der Waals surface area contributed by atoms with Crippen LogP contribution in [0.3, 0.4) is 0 Å². The Labute approximate surface area is 340 Å². The standard InChI is InChI=1S/C26H32N2O3.C23H26N2O/c1-5-30-20(4)31-26-12-8-21(9-13-26)18(2)14-23(15-24(17-28)19(3)16-27)22-6-10-25(29)11-7-22;1-16-4-6-19(7-5-16)17(2)12-21(13-22(15-25)18(3)14-24)20-8-10-23(26)11-9-20/h6-13,18-20,23-24,29H,5,14-15H2,1-4H3;4-11,17-18,21-22,26H,12-13H2,1-3H3. The van der Waals surface area contributed by atoms with Gasteiger partial charge in [0.1, 0.15) is 17.2 Å². The summed E-state index contributed by atoms with van der Waals surface area (Å²) >= 11 is 0. The molecule has 0 aliphatic carbocycles. The van der Waals surface area contributed by atoms with E-state index in [1.165, 1.54) is 16.7 Å². The van der Waals surface area contributed by atoms with E-state index in [-0.39, 0.29) is 59.2 Å². The number of nitrogens with zero attached hydrogens (tertiary/aromatic N) is 4. The van der Waals surface area contributed by atoms with Crippen molar-refractivity contribution in [1.29, 1.82) is 21.0 Å². The van der Waals surface area contributed by atoms with Gasteiger partial charge in [0.2, 0.25) is 0 Å². The van der Waals surface area contributed by atoms with Gasteiger partial charge in [0.15, 0.2) is 6.29 Å². The Balaban J connectivity index is 0.000000310. The molecular formula is C49H58N4O4. The first kappa shape index (κ1) is 45.6. The first-order chi connectivity index (χ1) is 27.3. The predicted molar refractivity (Wildman–Crippen MR) is 224 cm³/mol. The molecule has 0 saturated carbocycles. The van der Waals surface area contributed by atoms with E-state index in [9.17, 15) is 31.3 Å². The highest BCUT2D eigenvalue weighted by Crippen LogP contribution is 2.38. The Hall–Kier alpha value is -5.80. The molecule has 0 aromatic heterocycles. The lowest BCUT2D eigenvalue weighted by molar-refractivity contribution is -0.0613. The highest BCUT2D eigenvalue weighted by atomic mass is 16.7. The lowest BCUT2D eigenvalue weighted by Gasteiger charge is -2.25. The second-order valence-corrected chi connectivity index (χ2v) is 15.2. The predicted octanol–water partition coefficient (Wildman–Crippen LogP) is 11.8. The largest absolute Gasteiger partial charge is 0.508 e. The van der Waals surface area contributed by atoms with Gasteiger partial charge >= 0.3 is 0 Å². The molecule has 0 radical (unpaired) electrons. The fourth-order valence-corrected chi connectivity index (χ4v) is 7.12. The van der Waals surface area contributed by atoms with Crippen LogP contribution in [0.25, 0.3) is 0 Å². The van der Waals surface area contributed by atoms with Crippen molar-refractivity contribution in [2.24, 2.45) is 23.7 Å². The minimum atomic E-state index is -0.341. The Morgan fingerprint density at radius 1 is 0.509 bits per heavy atom. The molecule has 8 heteroatoms. The Bertz CT molecular complexity index is 1950. The van der Waals surface area contributed by atoms with E-state index in [4.69, 9.17) is 9.47 Å². The second kappa shape index (κ2) is 23.3. The number of aromatic hydroxyl groups is 2. The summed E-state index contributed by atoms with van der Waals surface area (Å²) in [5, 5.41) is 56.8. The molecule has 0 bridgehead atoms. The van der Waals surface area contributed by atoms with Crippen molar-refractivity contribution >= 4 is 0 Å². The van der Waals surface area contributed by atoms with Crippen molar-refractivity contribution in [3.8, 4) is 41.5 Å². The fourth-order valence-electron chi connectivity index (χ4n) is 7.12. The second-order valence-electron chi connectivity index (χ2n) is 15.2. The van der Waals surface area contributed by atoms with Crippen molar-refractivity contribution in [1.82, 2.24) is 0 Å². The van der Waals surface area contributed by atoms with Gasteiger partial charge in [-0.25, -0.2) is 0 Å². The third kappa shape index (κ3) is 14.7. The van der Waals surface area contributed by atoms with Crippen LogP contribution in [0.2, 0.25) is 0 Å². The van der Waals surface area contributed by atoms with Crippen molar-refractivity contribution in [2.75, 3.05) is 6.61 Å². The minimum absolute atomic E-state index is 0.102. The monoisotopic (exact) mass is 766 g/mol. The molecule has 0 spiro atoms. The number of nitriles is 4. The SMILES string of the molecule is CCOC(C)Oc1ccc(C(C)CC(CC(C#N)C(C)C#N)c2ccc(O)cc2)cc1.Cc1ccc(C(C)CC(CC(C#N)C(C)C#N)c2ccc(O)cc2)cc1. The summed E-state index contributed by atoms with van der Waals surface area (Å²) in [6, 6.07) is 40.0. The number of aryl methyl sites for hydroxylation is 1. The van der Waals surface area contributed by atoms with Crippen molar-refractivity contribution in [2.45, 2.75) is 104 Å². The van der Waals surface area contributed by atoms with Crippen molar-refractivity contribution in [3.05, 3.63) is 125 Å². The number of phenols is 2. The van der Waals surface area contributed by atoms with E-state index in [0.29, 0.717) is 25.4 Å². The molecule has 298 valence electrons. The third-order valence-corrected chi connectivity index (χ3v) is 10.8. The van der Waals surface area contributed by atoms with Gasteiger partial charge in [0.25, 0.3) is 0 Å². The van der Waals surface area contributed by atoms with Crippen molar-refractivity contribution in [3.63, 3.8) is 0 Å². The Morgan fingerprint density at radius 3 is 1.23 bits per heavy atom. The van der Waals surface area contributed by atoms with Crippen LogP contribution in [0.4, 0.5) is 0 Å². The molecule has 0 aliphatic heterocycles. The summed E-state index contributed by atoms with van der Waals surface area (Å²) in [7, 11) is 0. The molecule has 0 fully saturated rings. The minimum Gasteiger partial charge on any atom is -0.508 e. The summed E-state index contributed by atoms with van der Waals surface area (Å²) < 4.78 is 11.2. The maximum absolute atomic E-state index is 9.66. The van der Waals surface area contributed by atoms with Crippen LogP contribution in [0.15, 0.2) is 97.1 Å². The topological polar surface area (TPSA) is 154 Å². The maximum atomic E-state index is 9.66. The molecule has 0 amide bonds. The average molecular weight is 767 g/mol. The Morgan fingerprint density at radius 2 is 0.877 bits per heavy atom. The molecule has 57 heavy (non-hydrogen) atoms. The quantitative estimate of drug-likeness (QED) is 0.0948. The molecule has 9 atom stereocenters. The van der Waals surface area contributed by atoms with Crippen LogP contribution in [-0.4, -0.2) is 23.1 Å². The van der Waals surface area contributed by atoms with Gasteiger partial charge in [-0.2, -0.15) is 21.0 Å². The van der Waals surface area contributed by atoms with Gasteiger partial charge in [-0.05, 0) is 143 Å². The molecule has 4 aromatic rings. The summed E-state index contributed by atoms with van der Waals surface area (Å²) in [6.07, 6.45) is 2.68. The van der Waals surface area contributed by atoms with E-state index in [2.05, 4.69) is 81.4 Å². The third-order valence-electron chi connectivity index (χ3n) is 10.8. The average Bonchev–Trinajstić information content (AvgIpc) is 3.21. The number of ether oxygens (including phenoxy) is 2. The molecule has 8 nitrogen and oxygen atoms in total. The van der Waals surface area contributed by atoms with E-state index >= 15 is 0 Å². The molecule has 4 rings (SSSR count). The van der Waals surface area contributed by atoms with E-state index in [1.54, 1.807) is 31.2 Å². The number of hydrogen-bond acceptors (Lipinski definition) is 8. The van der Waals surface area contributed by atoms with Crippen LogP contribution >= 0.6 is 0 Å². The molecule has 0 aliphatic rings. The van der Waals surface area contributed by atoms with Crippen LogP contribution in [0, 0.1) is 75.9 Å². The molecule has 0 heterocycles. The zero-order chi connectivity index (χ0) is 41.9. The van der Waals surface area contributed by atoms with Crippen LogP contribution in [-0.2, 0) is 4.74 Å². The smallest absolute Gasteiger partial charge is 0.196 e. The fraction of sp³-hybridized carbons (Fsp3) is 0.429. The number of benzene rings is 4. The number of hydrogen-bond donors (Lipinski definition) is 2. The van der Waals surface area contributed by atoms with E-state index < -0.39 is 0 Å². The molecular weight excluding hydrogens is 709 g/mol. The maximum Gasteiger partial charge on any atom is 0.196 e. The van der Waals surface area contributed by atoms with Crippen LogP contribution in [0.1, 0.15) is 119 Å². The lowest BCUT2D eigenvalue weighted by Crippen LogP contribution is -2.16. The zero-order valence-electron chi connectivity index (χ0n) is 34.5. The van der Waals surface area contributed by atoms with Crippen LogP contribution in [0.5, 0.6) is 17.2 Å². The van der Waals surface area contributed by atoms with Gasteiger partial charge in [-0.1, -0.05) is 80.1 Å². The Kier molecular flexibility index (Phi) is 18.6. The van der Waals surface area contributed by atoms with Gasteiger partial charge < -0.3 is 19.7 Å². The zero-order valence-corrected chi connectivity index (χ0v) is 34.5. The van der Waals surface area contributed by atoms with Crippen molar-refractivity contribution < 1.29 is 19.7 Å². The van der Waals surface area contributed by atoms with Gasteiger partial charge in [0, 0.05) is 6.61 Å². The van der Waals surface area contributed by atoms with E-state index in [1.807, 2.05) is 57.2 Å². The molecule has 4 aromatic carbocycles. The first-order valence-corrected chi connectivity index (χ1v) is 19.9. The van der Waals surface area contributed by atoms with Gasteiger partial charge in [0.05, 0.1) is 47.9 Å². The van der Waals surface area contributed by atoms with Crippen LogP contribution < -0.4 is 4.74 Å². The summed E-state index contributed by atoms with van der Waals surface area (Å²) in [5.41, 5.74) is 5.87. The number of rotatable bonds is 18.